The number of benzene rings is 1. The smallest absolute Gasteiger partial charge is 0.410 e. The molecule has 1 saturated carbocycles. The maximum Gasteiger partial charge on any atom is 0.410 e. The molecule has 3 atom stereocenters. The number of anilines is 1. The van der Waals surface area contributed by atoms with Gasteiger partial charge in [-0.3, -0.25) is 19.8 Å². The molecule has 9 heteroatoms. The summed E-state index contributed by atoms with van der Waals surface area (Å²) in [5.41, 5.74) is -0.897. The number of nitrogens with one attached hydrogen (secondary N) is 2. The Balaban J connectivity index is 1.45. The van der Waals surface area contributed by atoms with Crippen LogP contribution in [0.15, 0.2) is 24.3 Å². The third-order valence-corrected chi connectivity index (χ3v) is 6.40. The Bertz CT molecular complexity index is 908. The molecule has 31 heavy (non-hydrogen) atoms. The topological polar surface area (TPSA) is 87.7 Å². The lowest BCUT2D eigenvalue weighted by molar-refractivity contribution is -0.241. The maximum atomic E-state index is 15.2. The Morgan fingerprint density at radius 2 is 1.90 bits per heavy atom. The molecule has 0 aromatic heterocycles. The van der Waals surface area contributed by atoms with Crippen LogP contribution in [0.1, 0.15) is 52.0 Å². The van der Waals surface area contributed by atoms with Gasteiger partial charge in [0.05, 0.1) is 5.41 Å². The molecule has 1 aliphatic carbocycles. The molecule has 1 aromatic rings. The van der Waals surface area contributed by atoms with E-state index in [2.05, 4.69) is 10.6 Å². The standard InChI is InChI=1S/C22H27F2N3O4/c1-20(2,3)31-19(30)27-11-10-21(12-16(27)22(21,23)24)13-4-6-14(7-5-13)25-15-8-9-17(28)26-18(15)29/h4-7,15-16,25H,8-12H2,1-3H3,(H,26,28,29)/t15-,16+,21-/m1/s1. The van der Waals surface area contributed by atoms with Crippen molar-refractivity contribution in [1.82, 2.24) is 10.2 Å². The van der Waals surface area contributed by atoms with Gasteiger partial charge in [0.2, 0.25) is 11.8 Å². The number of ether oxygens (including phenoxy) is 1. The summed E-state index contributed by atoms with van der Waals surface area (Å²) in [6, 6.07) is 4.96. The zero-order chi connectivity index (χ0) is 22.6. The fraction of sp³-hybridized carbons (Fsp3) is 0.591. The first-order chi connectivity index (χ1) is 14.4. The Morgan fingerprint density at radius 1 is 1.23 bits per heavy atom. The molecule has 0 radical (unpaired) electrons. The molecular formula is C22H27F2N3O4. The number of hydrogen-bond donors (Lipinski definition) is 2. The van der Waals surface area contributed by atoms with Crippen molar-refractivity contribution in [3.8, 4) is 0 Å². The highest BCUT2D eigenvalue weighted by Crippen LogP contribution is 2.62. The number of hydrogen-bond acceptors (Lipinski definition) is 5. The van der Waals surface area contributed by atoms with Crippen LogP contribution in [0.3, 0.4) is 0 Å². The third kappa shape index (κ3) is 3.64. The third-order valence-electron chi connectivity index (χ3n) is 6.40. The summed E-state index contributed by atoms with van der Waals surface area (Å²) >= 11 is 0. The Labute approximate surface area is 179 Å². The number of rotatable bonds is 3. The molecule has 168 valence electrons. The number of alkyl halides is 2. The summed E-state index contributed by atoms with van der Waals surface area (Å²) in [6.07, 6.45) is 0.270. The van der Waals surface area contributed by atoms with Crippen LogP contribution in [0.4, 0.5) is 19.3 Å². The first-order valence-corrected chi connectivity index (χ1v) is 10.5. The minimum Gasteiger partial charge on any atom is -0.444 e. The van der Waals surface area contributed by atoms with Gasteiger partial charge < -0.3 is 10.1 Å². The molecule has 7 nitrogen and oxygen atoms in total. The molecule has 2 N–H and O–H groups in total. The molecule has 3 aliphatic heterocycles. The predicted molar refractivity (Wildman–Crippen MR) is 109 cm³/mol. The van der Waals surface area contributed by atoms with Crippen molar-refractivity contribution in [2.45, 2.75) is 75.5 Å². The van der Waals surface area contributed by atoms with Crippen molar-refractivity contribution in [3.05, 3.63) is 29.8 Å². The quantitative estimate of drug-likeness (QED) is 0.712. The first kappa shape index (κ1) is 21.5. The van der Waals surface area contributed by atoms with Gasteiger partial charge in [-0.15, -0.1) is 0 Å². The lowest BCUT2D eigenvalue weighted by Gasteiger charge is -2.62. The van der Waals surface area contributed by atoms with Gasteiger partial charge in [0.25, 0.3) is 5.92 Å². The molecule has 0 spiro atoms. The summed E-state index contributed by atoms with van der Waals surface area (Å²) in [7, 11) is 0. The van der Waals surface area contributed by atoms with Gasteiger partial charge in [0.1, 0.15) is 17.7 Å². The van der Waals surface area contributed by atoms with Gasteiger partial charge in [0, 0.05) is 18.7 Å². The van der Waals surface area contributed by atoms with E-state index >= 15 is 8.78 Å². The van der Waals surface area contributed by atoms with Gasteiger partial charge in [-0.05, 0) is 57.7 Å². The van der Waals surface area contributed by atoms with Gasteiger partial charge in [-0.2, -0.15) is 0 Å². The van der Waals surface area contributed by atoms with Gasteiger partial charge in [-0.1, -0.05) is 12.1 Å². The van der Waals surface area contributed by atoms with Crippen LogP contribution in [0.5, 0.6) is 0 Å². The maximum absolute atomic E-state index is 15.2. The molecule has 3 amide bonds. The highest BCUT2D eigenvalue weighted by atomic mass is 19.3. The molecule has 4 fully saturated rings. The Morgan fingerprint density at radius 3 is 2.45 bits per heavy atom. The van der Waals surface area contributed by atoms with Crippen LogP contribution in [0.2, 0.25) is 0 Å². The lowest BCUT2D eigenvalue weighted by Crippen LogP contribution is -2.75. The summed E-state index contributed by atoms with van der Waals surface area (Å²) in [5, 5.41) is 5.33. The normalized spacial score (nSPS) is 29.6. The second-order valence-electron chi connectivity index (χ2n) is 9.57. The number of amides is 3. The fourth-order valence-electron chi connectivity index (χ4n) is 4.74. The van der Waals surface area contributed by atoms with E-state index in [-0.39, 0.29) is 37.6 Å². The number of carbonyl (C=O) groups is 3. The largest absolute Gasteiger partial charge is 0.444 e. The van der Waals surface area contributed by atoms with Gasteiger partial charge in [-0.25, -0.2) is 13.6 Å². The summed E-state index contributed by atoms with van der Waals surface area (Å²) in [4.78, 5) is 36.7. The fourth-order valence-corrected chi connectivity index (χ4v) is 4.74. The molecule has 4 aliphatic rings. The average Bonchev–Trinajstić information content (AvgIpc) is 2.69. The van der Waals surface area contributed by atoms with Crippen LogP contribution >= 0.6 is 0 Å². The molecular weight excluding hydrogens is 408 g/mol. The highest BCUT2D eigenvalue weighted by molar-refractivity contribution is 6.01. The van der Waals surface area contributed by atoms with Crippen LogP contribution in [0.25, 0.3) is 0 Å². The predicted octanol–water partition coefficient (Wildman–Crippen LogP) is 3.19. The van der Waals surface area contributed by atoms with Crippen molar-refractivity contribution >= 4 is 23.6 Å². The van der Waals surface area contributed by atoms with E-state index in [0.717, 1.165) is 4.90 Å². The minimum absolute atomic E-state index is 0.148. The molecule has 3 heterocycles. The average molecular weight is 435 g/mol. The van der Waals surface area contributed by atoms with E-state index in [1.54, 1.807) is 45.0 Å². The lowest BCUT2D eigenvalue weighted by atomic mass is 9.53. The van der Waals surface area contributed by atoms with E-state index in [0.29, 0.717) is 17.7 Å². The summed E-state index contributed by atoms with van der Waals surface area (Å²) in [5.74, 6) is -3.74. The number of fused-ring (bicyclic) bond motifs is 2. The number of carbonyl (C=O) groups excluding carboxylic acids is 3. The number of halogens is 2. The number of piperidine rings is 3. The van der Waals surface area contributed by atoms with E-state index in [4.69, 9.17) is 4.74 Å². The molecule has 2 bridgehead atoms. The van der Waals surface area contributed by atoms with Gasteiger partial charge in [0.15, 0.2) is 0 Å². The van der Waals surface area contributed by atoms with E-state index < -0.39 is 35.1 Å². The van der Waals surface area contributed by atoms with Crippen LogP contribution < -0.4 is 10.6 Å². The Kier molecular flexibility index (Phi) is 4.98. The van der Waals surface area contributed by atoms with Crippen molar-refractivity contribution in [2.75, 3.05) is 11.9 Å². The molecule has 5 rings (SSSR count). The van der Waals surface area contributed by atoms with Crippen molar-refractivity contribution in [1.29, 1.82) is 0 Å². The Hall–Kier alpha value is -2.71. The molecule has 3 saturated heterocycles. The van der Waals surface area contributed by atoms with Crippen molar-refractivity contribution in [3.63, 3.8) is 0 Å². The number of imide groups is 1. The zero-order valence-electron chi connectivity index (χ0n) is 17.8. The van der Waals surface area contributed by atoms with Crippen LogP contribution in [-0.4, -0.2) is 53.0 Å². The van der Waals surface area contributed by atoms with Gasteiger partial charge >= 0.3 is 6.09 Å². The van der Waals surface area contributed by atoms with Crippen LogP contribution in [0, 0.1) is 0 Å². The minimum atomic E-state index is -3.05. The SMILES string of the molecule is CC(C)(C)OC(=O)N1CC[C@]2(c3ccc(N[C@@H]4CCC(=O)NC4=O)cc3)C[C@H]1C2(F)F. The first-order valence-electron chi connectivity index (χ1n) is 10.5. The number of nitrogens with zero attached hydrogens (tertiary/aromatic N) is 1. The van der Waals surface area contributed by atoms with Crippen molar-refractivity contribution in [2.24, 2.45) is 0 Å². The monoisotopic (exact) mass is 435 g/mol. The van der Waals surface area contributed by atoms with E-state index in [1.165, 1.54) is 0 Å². The zero-order valence-corrected chi connectivity index (χ0v) is 17.8. The van der Waals surface area contributed by atoms with Crippen LogP contribution in [-0.2, 0) is 19.7 Å². The molecule has 0 unspecified atom stereocenters. The highest BCUT2D eigenvalue weighted by Gasteiger charge is 2.73. The second-order valence-corrected chi connectivity index (χ2v) is 9.57. The molecule has 1 aromatic carbocycles. The van der Waals surface area contributed by atoms with E-state index in [1.807, 2.05) is 0 Å². The summed E-state index contributed by atoms with van der Waals surface area (Å²) in [6.45, 7) is 5.35. The second kappa shape index (κ2) is 7.17. The summed E-state index contributed by atoms with van der Waals surface area (Å²) < 4.78 is 35.8. The van der Waals surface area contributed by atoms with Crippen molar-refractivity contribution < 1.29 is 27.9 Å². The van der Waals surface area contributed by atoms with E-state index in [9.17, 15) is 14.4 Å².